The second-order valence-electron chi connectivity index (χ2n) is 6.07. The average Bonchev–Trinajstić information content (AvgIpc) is 2.72. The van der Waals surface area contributed by atoms with Gasteiger partial charge in [-0.25, -0.2) is 4.79 Å². The van der Waals surface area contributed by atoms with E-state index in [1.54, 1.807) is 31.4 Å². The molecule has 0 aromatic heterocycles. The lowest BCUT2D eigenvalue weighted by Gasteiger charge is -2.12. The number of esters is 1. The number of non-ortho nitro benzene ring substituents is 1. The van der Waals surface area contributed by atoms with Gasteiger partial charge in [0.1, 0.15) is 0 Å². The summed E-state index contributed by atoms with van der Waals surface area (Å²) in [5, 5.41) is 16.8. The van der Waals surface area contributed by atoms with Gasteiger partial charge in [-0.2, -0.15) is 0 Å². The third-order valence-corrected chi connectivity index (χ3v) is 3.90. The van der Waals surface area contributed by atoms with Crippen molar-refractivity contribution in [3.05, 3.63) is 63.7 Å². The van der Waals surface area contributed by atoms with Crippen LogP contribution in [0.3, 0.4) is 0 Å². The Morgan fingerprint density at radius 1 is 1.10 bits per heavy atom. The monoisotopic (exact) mass is 401 g/mol. The van der Waals surface area contributed by atoms with Crippen molar-refractivity contribution in [3.8, 4) is 0 Å². The molecule has 0 saturated carbocycles. The summed E-state index contributed by atoms with van der Waals surface area (Å²) < 4.78 is 10.0. The fourth-order valence-corrected chi connectivity index (χ4v) is 2.44. The molecule has 0 spiro atoms. The molecule has 2 N–H and O–H groups in total. The summed E-state index contributed by atoms with van der Waals surface area (Å²) in [6.45, 7) is 3.08. The zero-order chi connectivity index (χ0) is 21.2. The molecule has 0 bridgehead atoms. The highest BCUT2D eigenvalue weighted by Crippen LogP contribution is 2.23. The summed E-state index contributed by atoms with van der Waals surface area (Å²) in [6.07, 6.45) is 0.726. The van der Waals surface area contributed by atoms with Crippen molar-refractivity contribution in [3.63, 3.8) is 0 Å². The topological polar surface area (TPSA) is 120 Å². The first-order valence-electron chi connectivity index (χ1n) is 9.06. The van der Waals surface area contributed by atoms with Crippen molar-refractivity contribution in [2.75, 3.05) is 37.5 Å². The molecule has 2 aromatic rings. The van der Waals surface area contributed by atoms with E-state index in [9.17, 15) is 19.7 Å². The molecule has 0 aliphatic heterocycles. The van der Waals surface area contributed by atoms with Crippen molar-refractivity contribution < 1.29 is 24.0 Å². The number of hydrogen-bond acceptors (Lipinski definition) is 7. The van der Waals surface area contributed by atoms with Gasteiger partial charge in [0.05, 0.1) is 29.3 Å². The van der Waals surface area contributed by atoms with Crippen molar-refractivity contribution in [2.24, 2.45) is 0 Å². The molecule has 0 aliphatic carbocycles. The molecular formula is C20H23N3O6. The minimum atomic E-state index is -0.563. The van der Waals surface area contributed by atoms with Gasteiger partial charge in [0, 0.05) is 37.2 Å². The molecule has 29 heavy (non-hydrogen) atoms. The standard InChI is InChI=1S/C20H23N3O6/c1-3-11-29-20(25)14-4-6-15(7-5-14)22-19(24)17-13-16(23(26)27)8-9-18(17)21-10-12-28-2/h4-9,13,21H,3,10-12H2,1-2H3,(H,22,24). The third-order valence-electron chi connectivity index (χ3n) is 3.90. The Hall–Kier alpha value is -3.46. The number of nitrogens with zero attached hydrogens (tertiary/aromatic N) is 1. The van der Waals surface area contributed by atoms with Crippen LogP contribution in [0.15, 0.2) is 42.5 Å². The van der Waals surface area contributed by atoms with E-state index in [1.165, 1.54) is 18.2 Å². The van der Waals surface area contributed by atoms with Crippen molar-refractivity contribution >= 4 is 28.9 Å². The number of ether oxygens (including phenoxy) is 2. The van der Waals surface area contributed by atoms with Crippen LogP contribution in [-0.4, -0.2) is 43.7 Å². The van der Waals surface area contributed by atoms with E-state index in [0.717, 1.165) is 6.42 Å². The summed E-state index contributed by atoms with van der Waals surface area (Å²) in [7, 11) is 1.55. The quantitative estimate of drug-likeness (QED) is 0.271. The Morgan fingerprint density at radius 3 is 2.45 bits per heavy atom. The summed E-state index contributed by atoms with van der Waals surface area (Å²) in [4.78, 5) is 35.1. The van der Waals surface area contributed by atoms with Gasteiger partial charge in [-0.15, -0.1) is 0 Å². The molecule has 0 saturated heterocycles. The van der Waals surface area contributed by atoms with E-state index >= 15 is 0 Å². The lowest BCUT2D eigenvalue weighted by atomic mass is 10.1. The number of carbonyl (C=O) groups is 2. The van der Waals surface area contributed by atoms with Crippen molar-refractivity contribution in [1.29, 1.82) is 0 Å². The normalized spacial score (nSPS) is 10.3. The van der Waals surface area contributed by atoms with Gasteiger partial charge >= 0.3 is 5.97 Å². The number of hydrogen-bond donors (Lipinski definition) is 2. The molecule has 0 fully saturated rings. The Labute approximate surface area is 168 Å². The summed E-state index contributed by atoms with van der Waals surface area (Å²) in [5.41, 5.74) is 1.19. The number of amides is 1. The highest BCUT2D eigenvalue weighted by atomic mass is 16.6. The molecular weight excluding hydrogens is 378 g/mol. The molecule has 2 aromatic carbocycles. The predicted molar refractivity (Wildman–Crippen MR) is 108 cm³/mol. The zero-order valence-electron chi connectivity index (χ0n) is 16.3. The smallest absolute Gasteiger partial charge is 0.338 e. The van der Waals surface area contributed by atoms with Crippen LogP contribution >= 0.6 is 0 Å². The molecule has 9 heteroatoms. The number of nitro benzene ring substituents is 1. The van der Waals surface area contributed by atoms with E-state index in [0.29, 0.717) is 36.7 Å². The second-order valence-corrected chi connectivity index (χ2v) is 6.07. The van der Waals surface area contributed by atoms with Gasteiger partial charge in [-0.1, -0.05) is 6.92 Å². The van der Waals surface area contributed by atoms with Crippen LogP contribution in [0.1, 0.15) is 34.1 Å². The van der Waals surface area contributed by atoms with Crippen LogP contribution in [0.2, 0.25) is 0 Å². The molecule has 0 heterocycles. The number of nitrogens with one attached hydrogen (secondary N) is 2. The molecule has 2 rings (SSSR count). The first-order valence-corrected chi connectivity index (χ1v) is 9.06. The van der Waals surface area contributed by atoms with Crippen LogP contribution in [0, 0.1) is 10.1 Å². The maximum absolute atomic E-state index is 12.7. The van der Waals surface area contributed by atoms with Crippen LogP contribution in [0.25, 0.3) is 0 Å². The summed E-state index contributed by atoms with van der Waals surface area (Å²) in [6, 6.07) is 10.2. The molecule has 0 radical (unpaired) electrons. The molecule has 1 amide bonds. The first-order chi connectivity index (χ1) is 14.0. The molecule has 0 unspecified atom stereocenters. The summed E-state index contributed by atoms with van der Waals surface area (Å²) >= 11 is 0. The highest BCUT2D eigenvalue weighted by molar-refractivity contribution is 6.08. The van der Waals surface area contributed by atoms with Crippen molar-refractivity contribution in [1.82, 2.24) is 0 Å². The van der Waals surface area contributed by atoms with E-state index in [-0.39, 0.29) is 11.3 Å². The molecule has 0 atom stereocenters. The maximum atomic E-state index is 12.7. The number of carbonyl (C=O) groups excluding carboxylic acids is 2. The minimum absolute atomic E-state index is 0.127. The molecule has 0 aliphatic rings. The number of rotatable bonds is 10. The van der Waals surface area contributed by atoms with Crippen molar-refractivity contribution in [2.45, 2.75) is 13.3 Å². The number of methoxy groups -OCH3 is 1. The van der Waals surface area contributed by atoms with E-state index < -0.39 is 16.8 Å². The largest absolute Gasteiger partial charge is 0.462 e. The SMILES string of the molecule is CCCOC(=O)c1ccc(NC(=O)c2cc([N+](=O)[O-])ccc2NCCOC)cc1. The van der Waals surface area contributed by atoms with Crippen LogP contribution in [0.4, 0.5) is 17.1 Å². The Bertz CT molecular complexity index is 867. The Balaban J connectivity index is 2.16. The van der Waals surface area contributed by atoms with Crippen LogP contribution in [-0.2, 0) is 9.47 Å². The highest BCUT2D eigenvalue weighted by Gasteiger charge is 2.17. The van der Waals surface area contributed by atoms with Gasteiger partial charge in [-0.05, 0) is 36.8 Å². The maximum Gasteiger partial charge on any atom is 0.338 e. The van der Waals surface area contributed by atoms with E-state index in [1.807, 2.05) is 6.92 Å². The lowest BCUT2D eigenvalue weighted by molar-refractivity contribution is -0.384. The fraction of sp³-hybridized carbons (Fsp3) is 0.300. The fourth-order valence-electron chi connectivity index (χ4n) is 2.44. The van der Waals surface area contributed by atoms with Gasteiger partial charge < -0.3 is 20.1 Å². The molecule has 154 valence electrons. The Morgan fingerprint density at radius 2 is 1.83 bits per heavy atom. The lowest BCUT2D eigenvalue weighted by Crippen LogP contribution is -2.17. The first kappa shape index (κ1) is 21.8. The predicted octanol–water partition coefficient (Wildman–Crippen LogP) is 3.47. The number of nitro groups is 1. The van der Waals surface area contributed by atoms with Gasteiger partial charge in [0.15, 0.2) is 0 Å². The van der Waals surface area contributed by atoms with E-state index in [4.69, 9.17) is 9.47 Å². The van der Waals surface area contributed by atoms with Crippen LogP contribution in [0.5, 0.6) is 0 Å². The Kier molecular flexibility index (Phi) is 8.11. The van der Waals surface area contributed by atoms with E-state index in [2.05, 4.69) is 10.6 Å². The average molecular weight is 401 g/mol. The third kappa shape index (κ3) is 6.28. The minimum Gasteiger partial charge on any atom is -0.462 e. The van der Waals surface area contributed by atoms with Gasteiger partial charge in [0.25, 0.3) is 11.6 Å². The zero-order valence-corrected chi connectivity index (χ0v) is 16.3. The number of benzene rings is 2. The van der Waals surface area contributed by atoms with Gasteiger partial charge in [-0.3, -0.25) is 14.9 Å². The van der Waals surface area contributed by atoms with Crippen LogP contribution < -0.4 is 10.6 Å². The summed E-state index contributed by atoms with van der Waals surface area (Å²) in [5.74, 6) is -0.956. The number of anilines is 2. The molecule has 9 nitrogen and oxygen atoms in total. The second kappa shape index (κ2) is 10.8. The van der Waals surface area contributed by atoms with Gasteiger partial charge in [0.2, 0.25) is 0 Å².